The Balaban J connectivity index is 1.77. The topological polar surface area (TPSA) is 66.6 Å². The molecule has 2 aliphatic rings. The number of carbonyl (C=O) groups is 2. The van der Waals surface area contributed by atoms with E-state index in [-0.39, 0.29) is 5.91 Å². The Hall–Kier alpha value is -1.40. The van der Waals surface area contributed by atoms with Crippen LogP contribution in [-0.2, 0) is 0 Å². The molecule has 1 aromatic rings. The summed E-state index contributed by atoms with van der Waals surface area (Å²) in [5.74, 6) is -0.405. The average molecular weight is 321 g/mol. The molecule has 5 nitrogen and oxygen atoms in total. The number of nitrogens with two attached hydrogens (primary N) is 1. The molecule has 0 spiro atoms. The number of likely N-dealkylation sites (N-methyl/N-ethyl adjacent to an activating group) is 1. The highest BCUT2D eigenvalue weighted by atomic mass is 32.1. The Bertz CT molecular complexity index is 571. The fourth-order valence-corrected chi connectivity index (χ4v) is 4.67. The Morgan fingerprint density at radius 2 is 1.86 bits per heavy atom. The summed E-state index contributed by atoms with van der Waals surface area (Å²) in [7, 11) is 0. The zero-order valence-corrected chi connectivity index (χ0v) is 13.8. The van der Waals surface area contributed by atoms with Crippen molar-refractivity contribution in [1.82, 2.24) is 9.80 Å². The number of likely N-dealkylation sites (tertiary alicyclic amines) is 2. The summed E-state index contributed by atoms with van der Waals surface area (Å²) in [6.45, 7) is 5.21. The monoisotopic (exact) mass is 321 g/mol. The zero-order chi connectivity index (χ0) is 15.7. The van der Waals surface area contributed by atoms with Crippen LogP contribution < -0.4 is 5.73 Å². The summed E-state index contributed by atoms with van der Waals surface area (Å²) < 4.78 is 0. The van der Waals surface area contributed by atoms with Crippen LogP contribution in [-0.4, -0.2) is 53.3 Å². The van der Waals surface area contributed by atoms with Crippen molar-refractivity contribution < 1.29 is 9.59 Å². The maximum absolute atomic E-state index is 12.8. The first-order chi connectivity index (χ1) is 10.6. The molecule has 2 amide bonds. The number of thiophene rings is 1. The van der Waals surface area contributed by atoms with Gasteiger partial charge in [-0.2, -0.15) is 0 Å². The molecule has 120 valence electrons. The number of nitrogens with zero attached hydrogens (tertiary/aromatic N) is 2. The van der Waals surface area contributed by atoms with Crippen molar-refractivity contribution in [2.45, 2.75) is 44.7 Å². The van der Waals surface area contributed by atoms with Crippen LogP contribution in [0.1, 0.15) is 52.0 Å². The molecule has 22 heavy (non-hydrogen) atoms. The first-order valence-electron chi connectivity index (χ1n) is 8.06. The van der Waals surface area contributed by atoms with Gasteiger partial charge in [-0.15, -0.1) is 11.3 Å². The van der Waals surface area contributed by atoms with Gasteiger partial charge in [-0.3, -0.25) is 14.5 Å². The number of amides is 2. The van der Waals surface area contributed by atoms with Gasteiger partial charge in [-0.1, -0.05) is 6.92 Å². The van der Waals surface area contributed by atoms with Gasteiger partial charge in [0.05, 0.1) is 9.75 Å². The van der Waals surface area contributed by atoms with Crippen molar-refractivity contribution in [1.29, 1.82) is 0 Å². The van der Waals surface area contributed by atoms with Gasteiger partial charge in [0.15, 0.2) is 0 Å². The minimum atomic E-state index is -0.463. The molecule has 3 heterocycles. The van der Waals surface area contributed by atoms with Crippen molar-refractivity contribution in [3.8, 4) is 0 Å². The summed E-state index contributed by atoms with van der Waals surface area (Å²) in [5.41, 5.74) is 5.28. The van der Waals surface area contributed by atoms with E-state index in [2.05, 4.69) is 11.8 Å². The lowest BCUT2D eigenvalue weighted by Gasteiger charge is -2.34. The molecule has 0 aliphatic carbocycles. The van der Waals surface area contributed by atoms with Crippen molar-refractivity contribution in [3.05, 3.63) is 21.9 Å². The molecular formula is C16H23N3O2S. The third kappa shape index (κ3) is 2.77. The third-order valence-corrected chi connectivity index (χ3v) is 5.97. The number of carbonyl (C=O) groups excluding carboxylic acids is 2. The minimum absolute atomic E-state index is 0.0583. The zero-order valence-electron chi connectivity index (χ0n) is 13.0. The Labute approximate surface area is 135 Å². The normalized spacial score (nSPS) is 25.8. The van der Waals surface area contributed by atoms with Crippen molar-refractivity contribution >= 4 is 23.2 Å². The molecule has 1 aromatic heterocycles. The molecule has 0 radical (unpaired) electrons. The van der Waals surface area contributed by atoms with Gasteiger partial charge in [0, 0.05) is 18.6 Å². The minimum Gasteiger partial charge on any atom is -0.365 e. The highest BCUT2D eigenvalue weighted by molar-refractivity contribution is 7.15. The van der Waals surface area contributed by atoms with E-state index in [0.29, 0.717) is 21.8 Å². The Morgan fingerprint density at radius 1 is 1.18 bits per heavy atom. The van der Waals surface area contributed by atoms with Crippen molar-refractivity contribution in [3.63, 3.8) is 0 Å². The molecular weight excluding hydrogens is 298 g/mol. The van der Waals surface area contributed by atoms with Crippen LogP contribution in [0.5, 0.6) is 0 Å². The van der Waals surface area contributed by atoms with Gasteiger partial charge in [0.2, 0.25) is 0 Å². The molecule has 0 aromatic carbocycles. The summed E-state index contributed by atoms with van der Waals surface area (Å²) in [5, 5.41) is 0. The van der Waals surface area contributed by atoms with Gasteiger partial charge in [0.1, 0.15) is 0 Å². The smallest absolute Gasteiger partial charge is 0.264 e. The van der Waals surface area contributed by atoms with Crippen LogP contribution in [0, 0.1) is 0 Å². The number of primary amides is 1. The van der Waals surface area contributed by atoms with Crippen LogP contribution in [0.2, 0.25) is 0 Å². The lowest BCUT2D eigenvalue weighted by atomic mass is 10.0. The second-order valence-corrected chi connectivity index (χ2v) is 7.16. The first kappa shape index (κ1) is 15.5. The molecule has 2 aliphatic heterocycles. The average Bonchev–Trinajstić information content (AvgIpc) is 3.23. The molecule has 0 unspecified atom stereocenters. The van der Waals surface area contributed by atoms with E-state index >= 15 is 0 Å². The fourth-order valence-electron chi connectivity index (χ4n) is 3.85. The number of rotatable bonds is 4. The van der Waals surface area contributed by atoms with Gasteiger partial charge in [0.25, 0.3) is 11.8 Å². The lowest BCUT2D eigenvalue weighted by molar-refractivity contribution is 0.0654. The highest BCUT2D eigenvalue weighted by Crippen LogP contribution is 2.31. The first-order valence-corrected chi connectivity index (χ1v) is 8.88. The van der Waals surface area contributed by atoms with Crippen LogP contribution in [0.15, 0.2) is 12.1 Å². The molecule has 2 saturated heterocycles. The molecule has 2 N–H and O–H groups in total. The molecule has 0 saturated carbocycles. The van der Waals surface area contributed by atoms with Crippen molar-refractivity contribution in [2.24, 2.45) is 5.73 Å². The third-order valence-electron chi connectivity index (χ3n) is 4.88. The van der Waals surface area contributed by atoms with E-state index in [4.69, 9.17) is 5.73 Å². The molecule has 0 bridgehead atoms. The summed E-state index contributed by atoms with van der Waals surface area (Å²) >= 11 is 1.21. The predicted octanol–water partition coefficient (Wildman–Crippen LogP) is 1.94. The molecule has 6 heteroatoms. The number of hydrogen-bond donors (Lipinski definition) is 1. The Morgan fingerprint density at radius 3 is 2.55 bits per heavy atom. The van der Waals surface area contributed by atoms with E-state index in [0.717, 1.165) is 32.5 Å². The summed E-state index contributed by atoms with van der Waals surface area (Å²) in [6, 6.07) is 4.19. The maximum Gasteiger partial charge on any atom is 0.264 e. The van der Waals surface area contributed by atoms with Gasteiger partial charge in [-0.05, 0) is 50.9 Å². The van der Waals surface area contributed by atoms with E-state index in [1.165, 1.54) is 24.2 Å². The number of hydrogen-bond acceptors (Lipinski definition) is 4. The maximum atomic E-state index is 12.8. The van der Waals surface area contributed by atoms with E-state index in [9.17, 15) is 9.59 Å². The summed E-state index contributed by atoms with van der Waals surface area (Å²) in [6.07, 6.45) is 4.56. The van der Waals surface area contributed by atoms with E-state index in [1.54, 1.807) is 12.1 Å². The predicted molar refractivity (Wildman–Crippen MR) is 87.2 cm³/mol. The van der Waals surface area contributed by atoms with Gasteiger partial charge >= 0.3 is 0 Å². The fraction of sp³-hybridized carbons (Fsp3) is 0.625. The standard InChI is InChI=1S/C16H23N3O2S/c1-2-18-9-3-5-11(18)12-6-4-10-19(12)16(21)14-8-7-13(22-14)15(17)20/h7-8,11-12H,2-6,9-10H2,1H3,(H2,17,20)/t11-,12+/m1/s1. The largest absolute Gasteiger partial charge is 0.365 e. The van der Waals surface area contributed by atoms with Gasteiger partial charge < -0.3 is 10.6 Å². The van der Waals surface area contributed by atoms with E-state index < -0.39 is 5.91 Å². The summed E-state index contributed by atoms with van der Waals surface area (Å²) in [4.78, 5) is 29.6. The molecule has 2 fully saturated rings. The SMILES string of the molecule is CCN1CCC[C@@H]1[C@@H]1CCCN1C(=O)c1ccc(C(N)=O)s1. The van der Waals surface area contributed by atoms with Gasteiger partial charge in [-0.25, -0.2) is 0 Å². The molecule has 3 rings (SSSR count). The highest BCUT2D eigenvalue weighted by Gasteiger charge is 2.39. The second-order valence-electron chi connectivity index (χ2n) is 6.07. The van der Waals surface area contributed by atoms with E-state index in [1.807, 2.05) is 4.90 Å². The van der Waals surface area contributed by atoms with Crippen LogP contribution >= 0.6 is 11.3 Å². The Kier molecular flexibility index (Phi) is 4.49. The van der Waals surface area contributed by atoms with Crippen LogP contribution in [0.4, 0.5) is 0 Å². The lowest BCUT2D eigenvalue weighted by Crippen LogP contribution is -2.48. The molecule has 2 atom stereocenters. The second kappa shape index (κ2) is 6.38. The van der Waals surface area contributed by atoms with Crippen LogP contribution in [0.25, 0.3) is 0 Å². The quantitative estimate of drug-likeness (QED) is 0.921. The van der Waals surface area contributed by atoms with Crippen molar-refractivity contribution in [2.75, 3.05) is 19.6 Å². The van der Waals surface area contributed by atoms with Crippen LogP contribution in [0.3, 0.4) is 0 Å².